The molecule has 0 bridgehead atoms. The second-order valence-electron chi connectivity index (χ2n) is 3.08. The van der Waals surface area contributed by atoms with Crippen LogP contribution in [0.25, 0.3) is 11.4 Å². The van der Waals surface area contributed by atoms with Gasteiger partial charge in [-0.3, -0.25) is 0 Å². The Balaban J connectivity index is 2.54. The molecule has 3 nitrogen and oxygen atoms in total. The minimum absolute atomic E-state index is 0.205. The van der Waals surface area contributed by atoms with E-state index in [1.807, 2.05) is 22.6 Å². The molecule has 0 spiro atoms. The summed E-state index contributed by atoms with van der Waals surface area (Å²) in [6.45, 7) is 0. The number of nitrogens with zero attached hydrogens (tertiary/aromatic N) is 2. The van der Waals surface area contributed by atoms with Gasteiger partial charge in [-0.2, -0.15) is 0 Å². The van der Waals surface area contributed by atoms with Gasteiger partial charge in [-0.05, 0) is 34.7 Å². The fraction of sp³-hybridized carbons (Fsp3) is 0. The van der Waals surface area contributed by atoms with E-state index in [1.165, 1.54) is 6.20 Å². The van der Waals surface area contributed by atoms with Crippen molar-refractivity contribution in [3.63, 3.8) is 0 Å². The molecule has 1 heterocycles. The van der Waals surface area contributed by atoms with Crippen LogP contribution in [0.2, 0.25) is 0 Å². The summed E-state index contributed by atoms with van der Waals surface area (Å²) in [4.78, 5) is 7.91. The van der Waals surface area contributed by atoms with E-state index in [-0.39, 0.29) is 17.2 Å². The Morgan fingerprint density at radius 1 is 1.12 bits per heavy atom. The van der Waals surface area contributed by atoms with E-state index in [4.69, 9.17) is 5.73 Å². The molecule has 0 aliphatic carbocycles. The predicted octanol–water partition coefficient (Wildman–Crippen LogP) is 2.61. The van der Waals surface area contributed by atoms with Crippen molar-refractivity contribution in [2.75, 3.05) is 5.73 Å². The number of anilines is 1. The van der Waals surface area contributed by atoms with Crippen LogP contribution in [0.1, 0.15) is 0 Å². The molecule has 0 saturated heterocycles. The van der Waals surface area contributed by atoms with Crippen molar-refractivity contribution in [1.82, 2.24) is 9.97 Å². The van der Waals surface area contributed by atoms with E-state index in [0.29, 0.717) is 3.57 Å². The van der Waals surface area contributed by atoms with E-state index < -0.39 is 11.6 Å². The summed E-state index contributed by atoms with van der Waals surface area (Å²) < 4.78 is 26.6. The van der Waals surface area contributed by atoms with Gasteiger partial charge in [0.05, 0.1) is 3.57 Å². The zero-order valence-electron chi connectivity index (χ0n) is 7.92. The fourth-order valence-electron chi connectivity index (χ4n) is 1.20. The lowest BCUT2D eigenvalue weighted by Crippen LogP contribution is -1.98. The van der Waals surface area contributed by atoms with Crippen molar-refractivity contribution in [3.8, 4) is 11.4 Å². The molecule has 0 fully saturated rings. The van der Waals surface area contributed by atoms with Crippen molar-refractivity contribution in [2.24, 2.45) is 0 Å². The number of halogens is 3. The summed E-state index contributed by atoms with van der Waals surface area (Å²) in [5, 5.41) is 0. The molecule has 82 valence electrons. The first kappa shape index (κ1) is 11.2. The Hall–Kier alpha value is -1.31. The molecular formula is C10H6F2IN3. The molecule has 0 radical (unpaired) electrons. The smallest absolute Gasteiger partial charge is 0.161 e. The largest absolute Gasteiger partial charge is 0.383 e. The van der Waals surface area contributed by atoms with E-state index >= 15 is 0 Å². The molecule has 0 atom stereocenters. The predicted molar refractivity (Wildman–Crippen MR) is 64.5 cm³/mol. The van der Waals surface area contributed by atoms with Gasteiger partial charge < -0.3 is 5.73 Å². The van der Waals surface area contributed by atoms with Gasteiger partial charge in [-0.25, -0.2) is 18.7 Å². The Labute approximate surface area is 104 Å². The van der Waals surface area contributed by atoms with Crippen molar-refractivity contribution in [1.29, 1.82) is 0 Å². The lowest BCUT2D eigenvalue weighted by Gasteiger charge is -2.03. The highest BCUT2D eigenvalue weighted by atomic mass is 127. The number of hydrogen-bond acceptors (Lipinski definition) is 3. The zero-order valence-corrected chi connectivity index (χ0v) is 10.1. The third kappa shape index (κ3) is 2.26. The minimum Gasteiger partial charge on any atom is -0.383 e. The highest BCUT2D eigenvalue weighted by Crippen LogP contribution is 2.20. The van der Waals surface area contributed by atoms with Gasteiger partial charge in [0.1, 0.15) is 17.5 Å². The first-order valence-electron chi connectivity index (χ1n) is 4.31. The normalized spacial score (nSPS) is 10.4. The van der Waals surface area contributed by atoms with Gasteiger partial charge in [0.25, 0.3) is 0 Å². The van der Waals surface area contributed by atoms with Crippen LogP contribution in [0.15, 0.2) is 24.4 Å². The molecule has 0 saturated carbocycles. The molecule has 0 aliphatic rings. The molecule has 0 unspecified atom stereocenters. The standard InChI is InChI=1S/C10H6F2IN3/c11-6-1-5(2-7(12)3-6)10-15-4-8(13)9(14)16-10/h1-4H,(H2,14,15,16). The van der Waals surface area contributed by atoms with Crippen LogP contribution < -0.4 is 5.73 Å². The van der Waals surface area contributed by atoms with Gasteiger partial charge in [0, 0.05) is 17.8 Å². The minimum atomic E-state index is -0.671. The zero-order chi connectivity index (χ0) is 11.7. The number of nitrogens with two attached hydrogens (primary N) is 1. The van der Waals surface area contributed by atoms with Crippen LogP contribution in [-0.2, 0) is 0 Å². The maximum Gasteiger partial charge on any atom is 0.161 e. The van der Waals surface area contributed by atoms with Gasteiger partial charge in [0.2, 0.25) is 0 Å². The Morgan fingerprint density at radius 3 is 2.31 bits per heavy atom. The van der Waals surface area contributed by atoms with E-state index in [1.54, 1.807) is 0 Å². The fourth-order valence-corrected chi connectivity index (χ4v) is 1.46. The van der Waals surface area contributed by atoms with Crippen LogP contribution >= 0.6 is 22.6 Å². The number of rotatable bonds is 1. The Kier molecular flexibility index (Phi) is 2.99. The summed E-state index contributed by atoms with van der Waals surface area (Å²) in [6.07, 6.45) is 1.50. The lowest BCUT2D eigenvalue weighted by atomic mass is 10.2. The highest BCUT2D eigenvalue weighted by molar-refractivity contribution is 14.1. The average molecular weight is 333 g/mol. The van der Waals surface area contributed by atoms with Crippen LogP contribution in [0.3, 0.4) is 0 Å². The molecule has 16 heavy (non-hydrogen) atoms. The number of nitrogen functional groups attached to an aromatic ring is 1. The van der Waals surface area contributed by atoms with Crippen LogP contribution in [-0.4, -0.2) is 9.97 Å². The van der Waals surface area contributed by atoms with Crippen LogP contribution in [0, 0.1) is 15.2 Å². The van der Waals surface area contributed by atoms with E-state index in [9.17, 15) is 8.78 Å². The number of benzene rings is 1. The molecule has 2 N–H and O–H groups in total. The molecule has 0 aliphatic heterocycles. The van der Waals surface area contributed by atoms with Crippen molar-refractivity contribution in [2.45, 2.75) is 0 Å². The van der Waals surface area contributed by atoms with Gasteiger partial charge >= 0.3 is 0 Å². The van der Waals surface area contributed by atoms with Gasteiger partial charge in [-0.1, -0.05) is 0 Å². The van der Waals surface area contributed by atoms with E-state index in [0.717, 1.165) is 18.2 Å². The monoisotopic (exact) mass is 333 g/mol. The second kappa shape index (κ2) is 4.28. The molecule has 1 aromatic heterocycles. The Morgan fingerprint density at radius 2 is 1.75 bits per heavy atom. The van der Waals surface area contributed by atoms with Gasteiger partial charge in [-0.15, -0.1) is 0 Å². The van der Waals surface area contributed by atoms with E-state index in [2.05, 4.69) is 9.97 Å². The van der Waals surface area contributed by atoms with Crippen LogP contribution in [0.4, 0.5) is 14.6 Å². The topological polar surface area (TPSA) is 51.8 Å². The quantitative estimate of drug-likeness (QED) is 0.817. The molecular weight excluding hydrogens is 327 g/mol. The molecule has 2 aromatic rings. The maximum absolute atomic E-state index is 13.0. The first-order chi connectivity index (χ1) is 7.56. The SMILES string of the molecule is Nc1nc(-c2cc(F)cc(F)c2)ncc1I. The average Bonchev–Trinajstić information content (AvgIpc) is 2.20. The van der Waals surface area contributed by atoms with Crippen LogP contribution in [0.5, 0.6) is 0 Å². The number of aromatic nitrogens is 2. The van der Waals surface area contributed by atoms with Gasteiger partial charge in [0.15, 0.2) is 5.82 Å². The van der Waals surface area contributed by atoms with Crippen molar-refractivity contribution < 1.29 is 8.78 Å². The molecule has 6 heteroatoms. The first-order valence-corrected chi connectivity index (χ1v) is 5.38. The summed E-state index contributed by atoms with van der Waals surface area (Å²) in [6, 6.07) is 3.11. The summed E-state index contributed by atoms with van der Waals surface area (Å²) in [5.41, 5.74) is 5.85. The number of hydrogen-bond donors (Lipinski definition) is 1. The third-order valence-electron chi connectivity index (χ3n) is 1.89. The lowest BCUT2D eigenvalue weighted by molar-refractivity contribution is 0.584. The molecule has 0 amide bonds. The third-order valence-corrected chi connectivity index (χ3v) is 2.72. The Bertz CT molecular complexity index is 525. The highest BCUT2D eigenvalue weighted by Gasteiger charge is 2.07. The summed E-state index contributed by atoms with van der Waals surface area (Å²) in [5.74, 6) is -0.849. The summed E-state index contributed by atoms with van der Waals surface area (Å²) in [7, 11) is 0. The maximum atomic E-state index is 13.0. The van der Waals surface area contributed by atoms with Crippen molar-refractivity contribution >= 4 is 28.4 Å². The molecule has 1 aromatic carbocycles. The molecule has 2 rings (SSSR count). The van der Waals surface area contributed by atoms with Crippen molar-refractivity contribution in [3.05, 3.63) is 39.6 Å². The summed E-state index contributed by atoms with van der Waals surface area (Å²) >= 11 is 1.98. The second-order valence-corrected chi connectivity index (χ2v) is 4.25.